The lowest BCUT2D eigenvalue weighted by molar-refractivity contribution is 0.356. The lowest BCUT2D eigenvalue weighted by Gasteiger charge is -2.53. The Morgan fingerprint density at radius 3 is 1.67 bits per heavy atom. The van der Waals surface area contributed by atoms with Gasteiger partial charge in [0.25, 0.3) is 0 Å². The van der Waals surface area contributed by atoms with Crippen molar-refractivity contribution in [3.63, 3.8) is 0 Å². The van der Waals surface area contributed by atoms with Gasteiger partial charge in [-0.05, 0) is 98.1 Å². The zero-order chi connectivity index (χ0) is 38.5. The summed E-state index contributed by atoms with van der Waals surface area (Å²) in [5.41, 5.74) is 16.0. The van der Waals surface area contributed by atoms with Gasteiger partial charge in [-0.3, -0.25) is 0 Å². The fraction of sp³-hybridized carbons (Fsp3) is 0.127. The highest BCUT2D eigenvalue weighted by molar-refractivity contribution is 7.26. The van der Waals surface area contributed by atoms with E-state index in [4.69, 9.17) is 0 Å². The van der Waals surface area contributed by atoms with Gasteiger partial charge in [-0.1, -0.05) is 173 Å². The second-order valence-corrected chi connectivity index (χ2v) is 17.9. The quantitative estimate of drug-likeness (QED) is 0.169. The van der Waals surface area contributed by atoms with E-state index in [0.717, 1.165) is 17.1 Å². The van der Waals surface area contributed by atoms with Gasteiger partial charge in [0.1, 0.15) is 0 Å². The summed E-state index contributed by atoms with van der Waals surface area (Å²) in [4.78, 5) is 2.43. The number of hydrogen-bond donors (Lipinski definition) is 0. The van der Waals surface area contributed by atoms with Gasteiger partial charge < -0.3 is 4.90 Å². The minimum absolute atomic E-state index is 0.0929. The third-order valence-corrected chi connectivity index (χ3v) is 14.6. The molecule has 0 saturated heterocycles. The number of hydrogen-bond acceptors (Lipinski definition) is 2. The smallest absolute Gasteiger partial charge is 0.0562 e. The molecule has 0 saturated carbocycles. The third kappa shape index (κ3) is 4.68. The van der Waals surface area contributed by atoms with Crippen molar-refractivity contribution in [2.24, 2.45) is 0 Å². The van der Waals surface area contributed by atoms with Crippen molar-refractivity contribution in [1.82, 2.24) is 0 Å². The van der Waals surface area contributed by atoms with E-state index in [-0.39, 0.29) is 10.8 Å². The monoisotopic (exact) mass is 749 g/mol. The van der Waals surface area contributed by atoms with Crippen molar-refractivity contribution in [1.29, 1.82) is 0 Å². The molecule has 8 aromatic carbocycles. The van der Waals surface area contributed by atoms with E-state index >= 15 is 0 Å². The lowest BCUT2D eigenvalue weighted by atomic mass is 9.49. The number of benzene rings is 8. The number of rotatable bonds is 5. The molecule has 1 atom stereocenters. The van der Waals surface area contributed by atoms with E-state index in [2.05, 4.69) is 221 Å². The highest BCUT2D eigenvalue weighted by atomic mass is 32.1. The van der Waals surface area contributed by atoms with Gasteiger partial charge in [0.05, 0.1) is 5.41 Å². The SMILES string of the molecule is CC1(C)c2ccccc2-c2ccc(N(c3ccccc3)c3ccc(C4(c5cccc6c5sc5ccccc56)c5ccccc5-c5ccccc5C4(C)C)cc3)cc21. The summed E-state index contributed by atoms with van der Waals surface area (Å²) in [6.45, 7) is 9.67. The van der Waals surface area contributed by atoms with E-state index in [1.165, 1.54) is 75.8 Å². The minimum atomic E-state index is -0.502. The molecule has 1 aromatic heterocycles. The average Bonchev–Trinajstić information content (AvgIpc) is 3.74. The molecule has 0 fully saturated rings. The molecule has 1 nitrogen and oxygen atoms in total. The van der Waals surface area contributed by atoms with Crippen LogP contribution in [0.1, 0.15) is 61.1 Å². The zero-order valence-corrected chi connectivity index (χ0v) is 33.6. The van der Waals surface area contributed by atoms with Crippen LogP contribution in [-0.4, -0.2) is 0 Å². The highest BCUT2D eigenvalue weighted by Gasteiger charge is 2.55. The Morgan fingerprint density at radius 1 is 0.386 bits per heavy atom. The van der Waals surface area contributed by atoms with Crippen LogP contribution in [0.5, 0.6) is 0 Å². The predicted molar refractivity (Wildman–Crippen MR) is 243 cm³/mol. The molecule has 9 aromatic rings. The van der Waals surface area contributed by atoms with Gasteiger partial charge in [0.2, 0.25) is 0 Å². The summed E-state index contributed by atoms with van der Waals surface area (Å²) < 4.78 is 2.68. The molecule has 274 valence electrons. The second kappa shape index (κ2) is 12.4. The van der Waals surface area contributed by atoms with Crippen LogP contribution in [0.4, 0.5) is 17.1 Å². The van der Waals surface area contributed by atoms with Gasteiger partial charge in [-0.25, -0.2) is 0 Å². The molecule has 11 rings (SSSR count). The predicted octanol–water partition coefficient (Wildman–Crippen LogP) is 15.1. The van der Waals surface area contributed by atoms with Gasteiger partial charge in [0.15, 0.2) is 0 Å². The van der Waals surface area contributed by atoms with Crippen LogP contribution in [0, 0.1) is 0 Å². The van der Waals surface area contributed by atoms with E-state index in [1.54, 1.807) is 0 Å². The molecule has 0 aliphatic heterocycles. The molecule has 1 unspecified atom stereocenters. The fourth-order valence-electron chi connectivity index (χ4n) is 10.8. The van der Waals surface area contributed by atoms with Crippen LogP contribution >= 0.6 is 11.3 Å². The summed E-state index contributed by atoms with van der Waals surface area (Å²) >= 11 is 1.93. The van der Waals surface area contributed by atoms with Crippen molar-refractivity contribution < 1.29 is 0 Å². The zero-order valence-electron chi connectivity index (χ0n) is 32.8. The van der Waals surface area contributed by atoms with Crippen LogP contribution in [0.3, 0.4) is 0 Å². The van der Waals surface area contributed by atoms with Crippen molar-refractivity contribution in [3.8, 4) is 22.3 Å². The van der Waals surface area contributed by atoms with Crippen LogP contribution in [0.15, 0.2) is 188 Å². The summed E-state index contributed by atoms with van der Waals surface area (Å²) in [6.07, 6.45) is 0. The number of fused-ring (bicyclic) bond motifs is 9. The molecule has 2 aliphatic rings. The molecule has 0 amide bonds. The molecule has 57 heavy (non-hydrogen) atoms. The molecule has 0 spiro atoms. The van der Waals surface area contributed by atoms with Crippen molar-refractivity contribution in [2.75, 3.05) is 4.90 Å². The molecule has 0 radical (unpaired) electrons. The maximum atomic E-state index is 2.47. The summed E-state index contributed by atoms with van der Waals surface area (Å²) in [7, 11) is 0. The first-order valence-corrected chi connectivity index (χ1v) is 20.9. The van der Waals surface area contributed by atoms with Gasteiger partial charge in [-0.2, -0.15) is 0 Å². The van der Waals surface area contributed by atoms with E-state index in [1.807, 2.05) is 11.3 Å². The molecule has 0 N–H and O–H groups in total. The Morgan fingerprint density at radius 2 is 0.912 bits per heavy atom. The van der Waals surface area contributed by atoms with Crippen molar-refractivity contribution in [2.45, 2.75) is 43.9 Å². The Kier molecular flexibility index (Phi) is 7.40. The topological polar surface area (TPSA) is 3.24 Å². The largest absolute Gasteiger partial charge is 0.310 e. The molecule has 2 aliphatic carbocycles. The van der Waals surface area contributed by atoms with Gasteiger partial charge >= 0.3 is 0 Å². The Labute approximate surface area is 339 Å². The molecule has 1 heterocycles. The van der Waals surface area contributed by atoms with E-state index in [0.29, 0.717) is 0 Å². The standard InChI is InChI=1S/C55H43NS/c1-53(2)46-24-12-8-19-40(46)43-34-33-39(35-50(43)53)56(37-17-6-5-7-18-37)38-31-29-36(30-32-38)55(49-27-16-23-45-44-22-11-15-28-51(44)57-52(45)49)48-26-14-10-21-42(48)41-20-9-13-25-47(41)54(55,3)4/h5-35H,1-4H3. The average molecular weight is 750 g/mol. The van der Waals surface area contributed by atoms with Crippen LogP contribution in [-0.2, 0) is 16.2 Å². The Bertz CT molecular complexity index is 3020. The number of thiophene rings is 1. The van der Waals surface area contributed by atoms with Crippen molar-refractivity contribution in [3.05, 3.63) is 221 Å². The maximum Gasteiger partial charge on any atom is 0.0562 e. The number of para-hydroxylation sites is 1. The minimum Gasteiger partial charge on any atom is -0.310 e. The first-order chi connectivity index (χ1) is 27.8. The number of nitrogens with zero attached hydrogens (tertiary/aromatic N) is 1. The Hall–Kier alpha value is -6.22. The second-order valence-electron chi connectivity index (χ2n) is 16.9. The molecule has 2 heteroatoms. The molecular weight excluding hydrogens is 707 g/mol. The molecule has 0 bridgehead atoms. The van der Waals surface area contributed by atoms with Crippen molar-refractivity contribution >= 4 is 48.6 Å². The molecular formula is C55H43NS. The van der Waals surface area contributed by atoms with E-state index < -0.39 is 5.41 Å². The normalized spacial score (nSPS) is 17.1. The van der Waals surface area contributed by atoms with Gasteiger partial charge in [0, 0.05) is 48.1 Å². The van der Waals surface area contributed by atoms with Gasteiger partial charge in [-0.15, -0.1) is 11.3 Å². The van der Waals surface area contributed by atoms with E-state index in [9.17, 15) is 0 Å². The summed E-state index contributed by atoms with van der Waals surface area (Å²) in [6, 6.07) is 70.6. The lowest BCUT2D eigenvalue weighted by Crippen LogP contribution is -2.49. The first-order valence-electron chi connectivity index (χ1n) is 20.1. The fourth-order valence-corrected chi connectivity index (χ4v) is 12.0. The summed E-state index contributed by atoms with van der Waals surface area (Å²) in [5.74, 6) is 0. The maximum absolute atomic E-state index is 2.47. The first kappa shape index (κ1) is 34.1. The third-order valence-electron chi connectivity index (χ3n) is 13.4. The van der Waals surface area contributed by atoms with Crippen LogP contribution in [0.2, 0.25) is 0 Å². The number of anilines is 3. The Balaban J connectivity index is 1.15. The highest BCUT2D eigenvalue weighted by Crippen LogP contribution is 2.62. The summed E-state index contributed by atoms with van der Waals surface area (Å²) in [5, 5.41) is 2.65. The van der Waals surface area contributed by atoms with Crippen LogP contribution in [0.25, 0.3) is 42.4 Å². The van der Waals surface area contributed by atoms with Crippen LogP contribution < -0.4 is 4.90 Å².